The Kier molecular flexibility index (Phi) is 6.25. The normalized spacial score (nSPS) is 13.7. The van der Waals surface area contributed by atoms with Crippen LogP contribution in [0.2, 0.25) is 0 Å². The van der Waals surface area contributed by atoms with Crippen LogP contribution in [0.4, 0.5) is 5.69 Å². The number of carbonyl (C=O) groups excluding carboxylic acids is 2. The first-order valence-corrected chi connectivity index (χ1v) is 9.76. The number of hydrogen-bond donors (Lipinski definition) is 1. The monoisotopic (exact) mass is 407 g/mol. The minimum absolute atomic E-state index is 0.121. The number of nitrogens with one attached hydrogen (secondary N) is 1. The van der Waals surface area contributed by atoms with Gasteiger partial charge in [0.05, 0.1) is 29.3 Å². The number of rotatable bonds is 6. The number of ether oxygens (including phenoxy) is 1. The molecule has 0 bridgehead atoms. The van der Waals surface area contributed by atoms with Crippen molar-refractivity contribution < 1.29 is 14.3 Å². The third-order valence-electron chi connectivity index (χ3n) is 4.86. The van der Waals surface area contributed by atoms with Crippen LogP contribution in [0.5, 0.6) is 5.75 Å². The van der Waals surface area contributed by atoms with Crippen LogP contribution in [0.25, 0.3) is 0 Å². The molecule has 3 rings (SSSR count). The molecule has 1 aromatic carbocycles. The molecular formula is C22H25N5O3. The molecule has 0 radical (unpaired) electrons. The topological polar surface area (TPSA) is 97.9 Å². The lowest BCUT2D eigenvalue weighted by Crippen LogP contribution is -2.23. The summed E-state index contributed by atoms with van der Waals surface area (Å²) in [6, 6.07) is 7.34. The Labute approximate surface area is 175 Å². The summed E-state index contributed by atoms with van der Waals surface area (Å²) in [5.41, 5.74) is 3.94. The van der Waals surface area contributed by atoms with E-state index in [1.165, 1.54) is 0 Å². The zero-order valence-corrected chi connectivity index (χ0v) is 17.7. The zero-order chi connectivity index (χ0) is 21.8. The van der Waals surface area contributed by atoms with E-state index in [1.54, 1.807) is 11.6 Å². The Morgan fingerprint density at radius 1 is 1.20 bits per heavy atom. The summed E-state index contributed by atoms with van der Waals surface area (Å²) in [4.78, 5) is 32.8. The Bertz CT molecular complexity index is 1080. The fourth-order valence-electron chi connectivity index (χ4n) is 3.18. The second kappa shape index (κ2) is 8.86. The van der Waals surface area contributed by atoms with Crippen molar-refractivity contribution in [3.8, 4) is 5.75 Å². The van der Waals surface area contributed by atoms with E-state index in [0.29, 0.717) is 30.2 Å². The molecule has 1 N–H and O–H groups in total. The maximum atomic E-state index is 12.5. The Balaban J connectivity index is 1.73. The third kappa shape index (κ3) is 4.37. The molecule has 2 heterocycles. The minimum atomic E-state index is -0.418. The minimum Gasteiger partial charge on any atom is -0.492 e. The van der Waals surface area contributed by atoms with Crippen LogP contribution in [0.15, 0.2) is 46.4 Å². The number of hydrogen-bond acceptors (Lipinski definition) is 5. The molecule has 1 aliphatic rings. The molecule has 2 amide bonds. The van der Waals surface area contributed by atoms with E-state index in [4.69, 9.17) is 4.74 Å². The van der Waals surface area contributed by atoms with Crippen molar-refractivity contribution >= 4 is 29.2 Å². The first kappa shape index (κ1) is 21.2. The standard InChI is InChI=1S/C22H25N5O3/c1-6-30-19-10-8-7-9-18(19)24-20(28)12-11-17-15(4)26-27(16(17)5)22-23-14(3)13(2)21(29)25-22/h7-10H,2,6,11-12H2,1,3-5H3,(H,24,28). The van der Waals surface area contributed by atoms with Gasteiger partial charge in [-0.05, 0) is 51.8 Å². The molecule has 0 saturated heterocycles. The lowest BCUT2D eigenvalue weighted by molar-refractivity contribution is -0.116. The SMILES string of the molecule is C=C1C(=O)N=C(n2nc(C)c(CCC(=O)Nc3ccccc3OCC)c2C)N=C1C. The average molecular weight is 407 g/mol. The second-order valence-corrected chi connectivity index (χ2v) is 6.93. The van der Waals surface area contributed by atoms with Crippen LogP contribution in [-0.2, 0) is 16.0 Å². The highest BCUT2D eigenvalue weighted by molar-refractivity contribution is 6.27. The summed E-state index contributed by atoms with van der Waals surface area (Å²) in [7, 11) is 0. The van der Waals surface area contributed by atoms with Crippen LogP contribution in [-0.4, -0.2) is 39.9 Å². The predicted octanol–water partition coefficient (Wildman–Crippen LogP) is 3.23. The summed E-state index contributed by atoms with van der Waals surface area (Å²) in [5.74, 6) is 0.318. The molecule has 0 fully saturated rings. The molecule has 2 aromatic rings. The van der Waals surface area contributed by atoms with Gasteiger partial charge in [0.25, 0.3) is 11.9 Å². The second-order valence-electron chi connectivity index (χ2n) is 6.93. The number of carbonyl (C=O) groups is 2. The lowest BCUT2D eigenvalue weighted by Gasteiger charge is -2.12. The maximum absolute atomic E-state index is 12.5. The molecular weight excluding hydrogens is 382 g/mol. The molecule has 0 aliphatic carbocycles. The van der Waals surface area contributed by atoms with Gasteiger partial charge in [-0.3, -0.25) is 9.59 Å². The van der Waals surface area contributed by atoms with Crippen molar-refractivity contribution in [3.05, 3.63) is 53.4 Å². The number of aromatic nitrogens is 2. The van der Waals surface area contributed by atoms with Gasteiger partial charge < -0.3 is 10.1 Å². The van der Waals surface area contributed by atoms with Crippen LogP contribution >= 0.6 is 0 Å². The summed E-state index contributed by atoms with van der Waals surface area (Å²) in [5, 5.41) is 7.37. The van der Waals surface area contributed by atoms with Crippen LogP contribution in [0, 0.1) is 13.8 Å². The summed E-state index contributed by atoms with van der Waals surface area (Å²) in [6.07, 6.45) is 0.773. The molecule has 0 saturated carbocycles. The number of aliphatic imine (C=N–C) groups is 2. The van der Waals surface area contributed by atoms with Gasteiger partial charge in [0.15, 0.2) is 0 Å². The molecule has 0 spiro atoms. The number of para-hydroxylation sites is 2. The molecule has 1 aromatic heterocycles. The molecule has 8 nitrogen and oxygen atoms in total. The Morgan fingerprint density at radius 2 is 1.93 bits per heavy atom. The number of nitrogens with zero attached hydrogens (tertiary/aromatic N) is 4. The fraction of sp³-hybridized carbons (Fsp3) is 0.318. The van der Waals surface area contributed by atoms with Gasteiger partial charge in [-0.15, -0.1) is 0 Å². The van der Waals surface area contributed by atoms with Gasteiger partial charge in [0.1, 0.15) is 5.75 Å². The molecule has 1 aliphatic heterocycles. The average Bonchev–Trinajstić information content (AvgIpc) is 2.99. The molecule has 0 atom stereocenters. The summed E-state index contributed by atoms with van der Waals surface area (Å²) in [6.45, 7) is 11.5. The van der Waals surface area contributed by atoms with E-state index < -0.39 is 5.91 Å². The van der Waals surface area contributed by atoms with E-state index in [0.717, 1.165) is 17.0 Å². The van der Waals surface area contributed by atoms with Gasteiger partial charge in [-0.2, -0.15) is 10.1 Å². The van der Waals surface area contributed by atoms with E-state index in [9.17, 15) is 9.59 Å². The van der Waals surface area contributed by atoms with Crippen molar-refractivity contribution in [1.29, 1.82) is 0 Å². The third-order valence-corrected chi connectivity index (χ3v) is 4.86. The van der Waals surface area contributed by atoms with E-state index >= 15 is 0 Å². The van der Waals surface area contributed by atoms with Crippen LogP contribution in [0.1, 0.15) is 37.2 Å². The Morgan fingerprint density at radius 3 is 2.63 bits per heavy atom. The van der Waals surface area contributed by atoms with Gasteiger partial charge in [0.2, 0.25) is 5.91 Å². The van der Waals surface area contributed by atoms with Crippen molar-refractivity contribution in [2.45, 2.75) is 40.5 Å². The number of benzene rings is 1. The first-order chi connectivity index (χ1) is 14.3. The quantitative estimate of drug-likeness (QED) is 0.743. The smallest absolute Gasteiger partial charge is 0.281 e. The lowest BCUT2D eigenvalue weighted by atomic mass is 10.1. The van der Waals surface area contributed by atoms with E-state index in [-0.39, 0.29) is 23.9 Å². The highest BCUT2D eigenvalue weighted by Gasteiger charge is 2.22. The van der Waals surface area contributed by atoms with E-state index in [1.807, 2.05) is 45.0 Å². The molecule has 30 heavy (non-hydrogen) atoms. The largest absolute Gasteiger partial charge is 0.492 e. The van der Waals surface area contributed by atoms with Gasteiger partial charge in [-0.1, -0.05) is 18.7 Å². The highest BCUT2D eigenvalue weighted by atomic mass is 16.5. The van der Waals surface area contributed by atoms with Gasteiger partial charge in [0, 0.05) is 12.1 Å². The zero-order valence-electron chi connectivity index (χ0n) is 17.7. The number of amides is 2. The molecule has 8 heteroatoms. The van der Waals surface area contributed by atoms with E-state index in [2.05, 4.69) is 27.0 Å². The predicted molar refractivity (Wildman–Crippen MR) is 116 cm³/mol. The summed E-state index contributed by atoms with van der Waals surface area (Å²) >= 11 is 0. The molecule has 0 unspecified atom stereocenters. The first-order valence-electron chi connectivity index (χ1n) is 9.76. The summed E-state index contributed by atoms with van der Waals surface area (Å²) < 4.78 is 7.09. The fourth-order valence-corrected chi connectivity index (χ4v) is 3.18. The van der Waals surface area contributed by atoms with Crippen LogP contribution < -0.4 is 10.1 Å². The number of aryl methyl sites for hydroxylation is 1. The number of anilines is 1. The highest BCUT2D eigenvalue weighted by Crippen LogP contribution is 2.24. The maximum Gasteiger partial charge on any atom is 0.281 e. The van der Waals surface area contributed by atoms with Crippen molar-refractivity contribution in [2.75, 3.05) is 11.9 Å². The Hall–Kier alpha value is -3.55. The van der Waals surface area contributed by atoms with Gasteiger partial charge in [-0.25, -0.2) is 9.67 Å². The van der Waals surface area contributed by atoms with Crippen LogP contribution in [0.3, 0.4) is 0 Å². The van der Waals surface area contributed by atoms with Gasteiger partial charge >= 0.3 is 0 Å². The molecule has 156 valence electrons. The van der Waals surface area contributed by atoms with Crippen molar-refractivity contribution in [2.24, 2.45) is 9.98 Å². The van der Waals surface area contributed by atoms with Crippen molar-refractivity contribution in [3.63, 3.8) is 0 Å². The van der Waals surface area contributed by atoms with Crippen molar-refractivity contribution in [1.82, 2.24) is 9.78 Å².